The van der Waals surface area contributed by atoms with Gasteiger partial charge in [-0.25, -0.2) is 4.79 Å². The normalized spacial score (nSPS) is 28.9. The summed E-state index contributed by atoms with van der Waals surface area (Å²) >= 11 is 0. The van der Waals surface area contributed by atoms with Crippen molar-refractivity contribution in [2.24, 2.45) is 17.8 Å². The van der Waals surface area contributed by atoms with Gasteiger partial charge in [0.1, 0.15) is 17.8 Å². The molecular formula is C35H51N5O6. The molecule has 3 heterocycles. The molecule has 2 saturated carbocycles. The Hall–Kier alpha value is -3.34. The number of amides is 4. The highest BCUT2D eigenvalue weighted by Gasteiger charge is 2.56. The van der Waals surface area contributed by atoms with E-state index in [9.17, 15) is 24.3 Å². The highest BCUT2D eigenvalue weighted by Crippen LogP contribution is 2.49. The lowest BCUT2D eigenvalue weighted by molar-refractivity contribution is -0.150. The number of hydrogen-bond donors (Lipinski definition) is 3. The zero-order valence-corrected chi connectivity index (χ0v) is 27.7. The van der Waals surface area contributed by atoms with Crippen LogP contribution in [-0.2, 0) is 14.4 Å². The second kappa shape index (κ2) is 13.0. The van der Waals surface area contributed by atoms with Gasteiger partial charge in [-0.05, 0) is 64.4 Å². The standard InChI is InChI=1S/C35H51N5O6/c1-21(18-40(34(44)45)35(2,3)4)31(41)37-30(22-10-6-5-7-11-22)33(43)39-19-24-16-23-17-27(23)38(24)20-28(39)32(42)36-26-14-15-46-29-13-9-8-12-25(26)29/h8-9,12-13,21-24,26-28,30H,5-7,10-11,14-20H2,1-4H3,(H,36,42)(H,37,41)(H,44,45)/t21-,23-,24+,26+,27+,28-,30-/m0/s1. The quantitative estimate of drug-likeness (QED) is 0.396. The molecule has 1 aromatic carbocycles. The third-order valence-corrected chi connectivity index (χ3v) is 11.0. The second-order valence-corrected chi connectivity index (χ2v) is 15.2. The molecular weight excluding hydrogens is 586 g/mol. The van der Waals surface area contributed by atoms with Crippen LogP contribution < -0.4 is 15.4 Å². The van der Waals surface area contributed by atoms with Gasteiger partial charge in [0.05, 0.1) is 18.6 Å². The molecule has 7 atom stereocenters. The van der Waals surface area contributed by atoms with E-state index in [0.717, 1.165) is 56.3 Å². The van der Waals surface area contributed by atoms with Gasteiger partial charge < -0.3 is 30.3 Å². The molecule has 4 fully saturated rings. The predicted molar refractivity (Wildman–Crippen MR) is 172 cm³/mol. The third-order valence-electron chi connectivity index (χ3n) is 11.0. The van der Waals surface area contributed by atoms with Crippen molar-refractivity contribution in [3.8, 4) is 5.75 Å². The van der Waals surface area contributed by atoms with Crippen molar-refractivity contribution in [3.63, 3.8) is 0 Å². The summed E-state index contributed by atoms with van der Waals surface area (Å²) in [5.41, 5.74) is 0.274. The van der Waals surface area contributed by atoms with E-state index in [1.165, 1.54) is 4.90 Å². The Balaban J connectivity index is 1.23. The van der Waals surface area contributed by atoms with E-state index in [1.54, 1.807) is 32.6 Å². The van der Waals surface area contributed by atoms with Crippen LogP contribution in [-0.4, -0.2) is 99.6 Å². The van der Waals surface area contributed by atoms with E-state index in [-0.39, 0.29) is 42.3 Å². The molecule has 46 heavy (non-hydrogen) atoms. The number of nitrogens with one attached hydrogen (secondary N) is 2. The monoisotopic (exact) mass is 637 g/mol. The van der Waals surface area contributed by atoms with E-state index in [4.69, 9.17) is 4.74 Å². The summed E-state index contributed by atoms with van der Waals surface area (Å²) in [6.07, 6.45) is 6.50. The number of piperidine rings is 1. The van der Waals surface area contributed by atoms with Gasteiger partial charge in [-0.1, -0.05) is 44.4 Å². The molecule has 2 aliphatic carbocycles. The van der Waals surface area contributed by atoms with E-state index >= 15 is 0 Å². The largest absolute Gasteiger partial charge is 0.493 e. The molecule has 0 spiro atoms. The fourth-order valence-corrected chi connectivity index (χ4v) is 8.31. The minimum atomic E-state index is -1.08. The van der Waals surface area contributed by atoms with Crippen molar-refractivity contribution in [1.29, 1.82) is 0 Å². The van der Waals surface area contributed by atoms with Crippen molar-refractivity contribution in [1.82, 2.24) is 25.3 Å². The van der Waals surface area contributed by atoms with E-state index in [1.807, 2.05) is 24.3 Å². The minimum Gasteiger partial charge on any atom is -0.493 e. The molecule has 1 aromatic rings. The Morgan fingerprint density at radius 1 is 1.04 bits per heavy atom. The number of benzene rings is 1. The summed E-state index contributed by atoms with van der Waals surface area (Å²) in [4.78, 5) is 60.1. The first-order chi connectivity index (χ1) is 21.9. The number of carboxylic acid groups (broad SMARTS) is 1. The van der Waals surface area contributed by atoms with Crippen molar-refractivity contribution >= 4 is 23.8 Å². The molecule has 5 aliphatic rings. The minimum absolute atomic E-state index is 0.0252. The number of para-hydroxylation sites is 1. The van der Waals surface area contributed by atoms with Crippen molar-refractivity contribution in [2.75, 3.05) is 26.2 Å². The van der Waals surface area contributed by atoms with Gasteiger partial charge in [-0.3, -0.25) is 19.3 Å². The molecule has 3 N–H and O–H groups in total. The van der Waals surface area contributed by atoms with Crippen LogP contribution >= 0.6 is 0 Å². The zero-order valence-electron chi connectivity index (χ0n) is 27.7. The molecule has 2 saturated heterocycles. The number of carbonyl (C=O) groups excluding carboxylic acids is 3. The highest BCUT2D eigenvalue weighted by atomic mass is 16.5. The zero-order chi connectivity index (χ0) is 32.7. The average Bonchev–Trinajstić information content (AvgIpc) is 3.71. The fraction of sp³-hybridized carbons (Fsp3) is 0.714. The third kappa shape index (κ3) is 6.71. The number of nitrogens with zero attached hydrogens (tertiary/aromatic N) is 3. The first-order valence-electron chi connectivity index (χ1n) is 17.3. The molecule has 0 unspecified atom stereocenters. The Bertz CT molecular complexity index is 1320. The number of piperazine rings is 1. The van der Waals surface area contributed by atoms with Crippen molar-refractivity contribution in [2.45, 2.75) is 115 Å². The number of carbonyl (C=O) groups is 4. The summed E-state index contributed by atoms with van der Waals surface area (Å²) < 4.78 is 5.83. The summed E-state index contributed by atoms with van der Waals surface area (Å²) in [5.74, 6) is 0.0458. The summed E-state index contributed by atoms with van der Waals surface area (Å²) in [6, 6.07) is 6.86. The van der Waals surface area contributed by atoms with Crippen LogP contribution in [0.5, 0.6) is 5.75 Å². The first kappa shape index (κ1) is 32.6. The lowest BCUT2D eigenvalue weighted by Crippen LogP contribution is -2.67. The van der Waals surface area contributed by atoms with Crippen LogP contribution in [0.1, 0.15) is 90.7 Å². The van der Waals surface area contributed by atoms with Crippen molar-refractivity contribution < 1.29 is 29.0 Å². The molecule has 11 nitrogen and oxygen atoms in total. The summed E-state index contributed by atoms with van der Waals surface area (Å²) in [5, 5.41) is 16.2. The van der Waals surface area contributed by atoms with Crippen LogP contribution in [0.15, 0.2) is 24.3 Å². The molecule has 3 aliphatic heterocycles. The molecule has 6 rings (SSSR count). The lowest BCUT2D eigenvalue weighted by Gasteiger charge is -2.46. The van der Waals surface area contributed by atoms with Gasteiger partial charge >= 0.3 is 6.09 Å². The molecule has 0 bridgehead atoms. The summed E-state index contributed by atoms with van der Waals surface area (Å²) in [6.45, 7) is 8.62. The van der Waals surface area contributed by atoms with Crippen LogP contribution in [0.25, 0.3) is 0 Å². The van der Waals surface area contributed by atoms with Crippen LogP contribution in [0.3, 0.4) is 0 Å². The van der Waals surface area contributed by atoms with Crippen LogP contribution in [0, 0.1) is 17.8 Å². The van der Waals surface area contributed by atoms with Crippen molar-refractivity contribution in [3.05, 3.63) is 29.8 Å². The maximum absolute atomic E-state index is 14.7. The smallest absolute Gasteiger partial charge is 0.407 e. The SMILES string of the molecule is C[C@@H](CN(C(=O)O)C(C)(C)C)C(=O)N[C@H](C(=O)N1C[C@H]2C[C@H]3C[C@H]3N2C[C@H]1C(=O)N[C@@H]1CCOc2ccccc21)C1CCCCC1. The Labute approximate surface area is 272 Å². The first-order valence-corrected chi connectivity index (χ1v) is 17.3. The average molecular weight is 638 g/mol. The molecule has 252 valence electrons. The van der Waals surface area contributed by atoms with Crippen LogP contribution in [0.4, 0.5) is 4.79 Å². The number of fused-ring (bicyclic) bond motifs is 4. The Kier molecular flexibility index (Phi) is 9.24. The molecule has 0 aromatic heterocycles. The van der Waals surface area contributed by atoms with Gasteiger partial charge in [0.15, 0.2) is 0 Å². The molecule has 11 heteroatoms. The molecule has 4 amide bonds. The Morgan fingerprint density at radius 2 is 1.78 bits per heavy atom. The topological polar surface area (TPSA) is 132 Å². The number of ether oxygens (including phenoxy) is 1. The number of hydrogen-bond acceptors (Lipinski definition) is 6. The predicted octanol–water partition coefficient (Wildman–Crippen LogP) is 3.78. The van der Waals surface area contributed by atoms with Gasteiger partial charge in [0.25, 0.3) is 0 Å². The van der Waals surface area contributed by atoms with Gasteiger partial charge in [0.2, 0.25) is 17.7 Å². The maximum atomic E-state index is 14.7. The van der Waals surface area contributed by atoms with E-state index in [0.29, 0.717) is 38.1 Å². The lowest BCUT2D eigenvalue weighted by atomic mass is 9.82. The van der Waals surface area contributed by atoms with Gasteiger partial charge in [-0.2, -0.15) is 0 Å². The fourth-order valence-electron chi connectivity index (χ4n) is 8.31. The van der Waals surface area contributed by atoms with Gasteiger partial charge in [0, 0.05) is 49.2 Å². The Morgan fingerprint density at radius 3 is 2.50 bits per heavy atom. The molecule has 0 radical (unpaired) electrons. The maximum Gasteiger partial charge on any atom is 0.407 e. The number of rotatable bonds is 8. The van der Waals surface area contributed by atoms with Crippen LogP contribution in [0.2, 0.25) is 0 Å². The second-order valence-electron chi connectivity index (χ2n) is 15.2. The summed E-state index contributed by atoms with van der Waals surface area (Å²) in [7, 11) is 0. The van der Waals surface area contributed by atoms with Gasteiger partial charge in [-0.15, -0.1) is 0 Å². The highest BCUT2D eigenvalue weighted by molar-refractivity contribution is 5.93. The van der Waals surface area contributed by atoms with E-state index < -0.39 is 29.6 Å². The van der Waals surface area contributed by atoms with E-state index in [2.05, 4.69) is 15.5 Å².